The first kappa shape index (κ1) is 31.2. The van der Waals surface area contributed by atoms with Gasteiger partial charge in [-0.1, -0.05) is 12.1 Å². The Kier molecular flexibility index (Phi) is 9.09. The van der Waals surface area contributed by atoms with Crippen LogP contribution in [0.25, 0.3) is 0 Å². The molecule has 0 aliphatic carbocycles. The van der Waals surface area contributed by atoms with Gasteiger partial charge < -0.3 is 19.7 Å². The molecule has 0 saturated heterocycles. The molecule has 0 amide bonds. The molecule has 0 saturated carbocycles. The van der Waals surface area contributed by atoms with Crippen molar-refractivity contribution >= 4 is 40.4 Å². The molecule has 2 aromatic carbocycles. The summed E-state index contributed by atoms with van der Waals surface area (Å²) in [4.78, 5) is 27.3. The van der Waals surface area contributed by atoms with Crippen molar-refractivity contribution < 1.29 is 24.1 Å². The number of rotatable bonds is 8. The van der Waals surface area contributed by atoms with Crippen molar-refractivity contribution in [3.63, 3.8) is 0 Å². The molecule has 14 heteroatoms. The van der Waals surface area contributed by atoms with Crippen molar-refractivity contribution in [2.45, 2.75) is 19.4 Å². The summed E-state index contributed by atoms with van der Waals surface area (Å²) in [6, 6.07) is 9.02. The predicted molar refractivity (Wildman–Crippen MR) is 163 cm³/mol. The molecule has 0 fully saturated rings. The first-order valence-electron chi connectivity index (χ1n) is 12.6. The smallest absolute Gasteiger partial charge is 0.262 e. The van der Waals surface area contributed by atoms with Crippen LogP contribution in [0.2, 0.25) is 0 Å². The molecule has 10 nitrogen and oxygen atoms in total. The Bertz CT molecular complexity index is 1850. The molecule has 42 heavy (non-hydrogen) atoms. The lowest BCUT2D eigenvalue weighted by Crippen LogP contribution is -2.33. The highest BCUT2D eigenvalue weighted by molar-refractivity contribution is 9.10. The summed E-state index contributed by atoms with van der Waals surface area (Å²) in [5, 5.41) is 22.5. The van der Waals surface area contributed by atoms with E-state index in [9.17, 15) is 24.2 Å². The number of aromatic hydroxyl groups is 2. The molecule has 0 unspecified atom stereocenters. The van der Waals surface area contributed by atoms with Crippen molar-refractivity contribution in [2.24, 2.45) is 28.2 Å². The molecule has 2 heterocycles. The molecule has 0 atom stereocenters. The molecule has 0 aliphatic rings. The molecule has 0 aliphatic heterocycles. The number of nitrogens with zero attached hydrogens (tertiary/aromatic N) is 4. The maximum absolute atomic E-state index is 13.7. The average molecular weight is 680 g/mol. The molecule has 0 radical (unpaired) electrons. The fourth-order valence-electron chi connectivity index (χ4n) is 4.60. The van der Waals surface area contributed by atoms with Crippen LogP contribution in [-0.4, -0.2) is 35.1 Å². The SMILES string of the molecule is CCOc1cc(C(c2c(O)n(C)c(=S)n(C)c2=O)c2c(O)n(C)c(=S)n(C)c2=O)cc(Br)c1OCc1ccc(F)cc1. The van der Waals surface area contributed by atoms with Gasteiger partial charge in [0, 0.05) is 28.2 Å². The van der Waals surface area contributed by atoms with Gasteiger partial charge in [0.2, 0.25) is 11.8 Å². The molecule has 222 valence electrons. The Labute approximate surface area is 258 Å². The first-order chi connectivity index (χ1) is 19.8. The van der Waals surface area contributed by atoms with E-state index in [1.165, 1.54) is 58.6 Å². The minimum Gasteiger partial charge on any atom is -0.494 e. The third kappa shape index (κ3) is 5.53. The Hall–Kier alpha value is -3.75. The van der Waals surface area contributed by atoms with Gasteiger partial charge in [-0.15, -0.1) is 0 Å². The van der Waals surface area contributed by atoms with Crippen LogP contribution in [0.3, 0.4) is 0 Å². The van der Waals surface area contributed by atoms with Gasteiger partial charge in [0.25, 0.3) is 11.1 Å². The Morgan fingerprint density at radius 1 is 0.857 bits per heavy atom. The highest BCUT2D eigenvalue weighted by Gasteiger charge is 2.33. The highest BCUT2D eigenvalue weighted by atomic mass is 79.9. The van der Waals surface area contributed by atoms with Gasteiger partial charge in [0.05, 0.1) is 28.1 Å². The van der Waals surface area contributed by atoms with Gasteiger partial charge in [-0.05, 0) is 82.7 Å². The summed E-state index contributed by atoms with van der Waals surface area (Å²) in [6.45, 7) is 2.11. The van der Waals surface area contributed by atoms with Gasteiger partial charge in [-0.25, -0.2) is 4.39 Å². The molecule has 4 rings (SSSR count). The lowest BCUT2D eigenvalue weighted by atomic mass is 9.86. The van der Waals surface area contributed by atoms with Crippen LogP contribution in [0, 0.1) is 15.4 Å². The third-order valence-corrected chi connectivity index (χ3v) is 8.56. The number of aromatic nitrogens is 4. The molecular weight excluding hydrogens is 651 g/mol. The van der Waals surface area contributed by atoms with Crippen molar-refractivity contribution in [3.8, 4) is 23.3 Å². The van der Waals surface area contributed by atoms with Crippen molar-refractivity contribution in [1.82, 2.24) is 18.3 Å². The summed E-state index contributed by atoms with van der Waals surface area (Å²) in [5.41, 5.74) is -0.716. The van der Waals surface area contributed by atoms with E-state index in [-0.39, 0.29) is 45.4 Å². The lowest BCUT2D eigenvalue weighted by Gasteiger charge is -2.24. The summed E-state index contributed by atoms with van der Waals surface area (Å²) in [6.07, 6.45) is 0. The van der Waals surface area contributed by atoms with Crippen LogP contribution in [-0.2, 0) is 34.8 Å². The quantitative estimate of drug-likeness (QED) is 0.258. The average Bonchev–Trinajstić information content (AvgIpc) is 2.96. The topological polar surface area (TPSA) is 113 Å². The first-order valence-corrected chi connectivity index (χ1v) is 14.2. The zero-order chi connectivity index (χ0) is 31.0. The standard InChI is InChI=1S/C28H28BrFN4O6S2/c1-6-39-18-12-15(11-17(29)22(18)40-13-14-7-9-16(30)10-8-14)19(20-23(35)31(2)27(41)32(3)24(20)36)21-25(37)33(4)28(42)34(5)26(21)38/h7-12,19,35,37H,6,13H2,1-5H3. The molecule has 0 spiro atoms. The Morgan fingerprint density at radius 3 is 1.83 bits per heavy atom. The van der Waals surface area contributed by atoms with Crippen LogP contribution in [0.1, 0.15) is 35.1 Å². The van der Waals surface area contributed by atoms with E-state index in [4.69, 9.17) is 33.9 Å². The zero-order valence-corrected chi connectivity index (χ0v) is 26.6. The monoisotopic (exact) mass is 678 g/mol. The van der Waals surface area contributed by atoms with Gasteiger partial charge in [-0.2, -0.15) is 0 Å². The normalized spacial score (nSPS) is 11.2. The Balaban J connectivity index is 2.04. The number of halogens is 2. The largest absolute Gasteiger partial charge is 0.494 e. The van der Waals surface area contributed by atoms with Crippen molar-refractivity contribution in [2.75, 3.05) is 6.61 Å². The maximum Gasteiger partial charge on any atom is 0.262 e. The second-order valence-electron chi connectivity index (χ2n) is 9.50. The van der Waals surface area contributed by atoms with Crippen LogP contribution in [0.15, 0.2) is 50.5 Å². The van der Waals surface area contributed by atoms with E-state index in [1.807, 2.05) is 0 Å². The summed E-state index contributed by atoms with van der Waals surface area (Å²) in [5.74, 6) is -2.06. The van der Waals surface area contributed by atoms with Crippen molar-refractivity contribution in [1.29, 1.82) is 0 Å². The van der Waals surface area contributed by atoms with Crippen molar-refractivity contribution in [3.05, 3.63) is 99.2 Å². The highest BCUT2D eigenvalue weighted by Crippen LogP contribution is 2.44. The minimum absolute atomic E-state index is 0.0457. The van der Waals surface area contributed by atoms with Gasteiger partial charge in [-0.3, -0.25) is 27.9 Å². The molecular formula is C28H28BrFN4O6S2. The van der Waals surface area contributed by atoms with E-state index in [0.717, 1.165) is 0 Å². The summed E-state index contributed by atoms with van der Waals surface area (Å²) < 4.78 is 30.6. The lowest BCUT2D eigenvalue weighted by molar-refractivity contribution is 0.267. The van der Waals surface area contributed by atoms with Crippen LogP contribution in [0.5, 0.6) is 23.3 Å². The van der Waals surface area contributed by atoms with Gasteiger partial charge in [0.15, 0.2) is 21.0 Å². The van der Waals surface area contributed by atoms with E-state index in [2.05, 4.69) is 15.9 Å². The second-order valence-corrected chi connectivity index (χ2v) is 11.1. The van der Waals surface area contributed by atoms with Crippen LogP contribution >= 0.6 is 40.4 Å². The van der Waals surface area contributed by atoms with E-state index in [0.29, 0.717) is 21.3 Å². The van der Waals surface area contributed by atoms with Gasteiger partial charge in [0.1, 0.15) is 12.4 Å². The fraction of sp³-hybridized carbons (Fsp3) is 0.286. The summed E-state index contributed by atoms with van der Waals surface area (Å²) in [7, 11) is 5.86. The maximum atomic E-state index is 13.7. The van der Waals surface area contributed by atoms with E-state index in [1.54, 1.807) is 31.2 Å². The predicted octanol–water partition coefficient (Wildman–Crippen LogP) is 4.69. The van der Waals surface area contributed by atoms with Gasteiger partial charge >= 0.3 is 0 Å². The molecule has 2 N–H and O–H groups in total. The molecule has 4 aromatic rings. The minimum atomic E-state index is -1.30. The Morgan fingerprint density at radius 2 is 1.36 bits per heavy atom. The molecule has 0 bridgehead atoms. The number of hydrogen-bond donors (Lipinski definition) is 2. The molecule has 2 aromatic heterocycles. The van der Waals surface area contributed by atoms with E-state index < -0.39 is 28.8 Å². The number of hydrogen-bond acceptors (Lipinski definition) is 8. The van der Waals surface area contributed by atoms with E-state index >= 15 is 0 Å². The zero-order valence-electron chi connectivity index (χ0n) is 23.3. The summed E-state index contributed by atoms with van der Waals surface area (Å²) >= 11 is 14.1. The third-order valence-electron chi connectivity index (χ3n) is 6.87. The second kappa shape index (κ2) is 12.2. The number of ether oxygens (including phenoxy) is 2. The van der Waals surface area contributed by atoms with Crippen LogP contribution < -0.4 is 20.6 Å². The number of benzene rings is 2. The van der Waals surface area contributed by atoms with Crippen LogP contribution in [0.4, 0.5) is 4.39 Å². The fourth-order valence-corrected chi connectivity index (χ4v) is 5.51.